The summed E-state index contributed by atoms with van der Waals surface area (Å²) in [7, 11) is 0. The molecule has 0 saturated heterocycles. The second-order valence-corrected chi connectivity index (χ2v) is 4.68. The van der Waals surface area contributed by atoms with Crippen LogP contribution < -0.4 is 0 Å². The third-order valence-electron chi connectivity index (χ3n) is 2.53. The molecule has 1 aromatic rings. The van der Waals surface area contributed by atoms with Crippen molar-refractivity contribution < 1.29 is 14.7 Å². The summed E-state index contributed by atoms with van der Waals surface area (Å²) in [6.45, 7) is 1.72. The Kier molecular flexibility index (Phi) is 2.68. The highest BCUT2D eigenvalue weighted by molar-refractivity contribution is 6.49. The number of carbonyl (C=O) groups excluding carboxylic acids is 2. The molecule has 2 unspecified atom stereocenters. The second kappa shape index (κ2) is 3.75. The molecule has 1 aliphatic rings. The van der Waals surface area contributed by atoms with E-state index in [9.17, 15) is 14.7 Å². The number of aryl methyl sites for hydroxylation is 1. The molecule has 5 heteroatoms. The smallest absolute Gasteiger partial charge is 0.187 e. The van der Waals surface area contributed by atoms with Crippen molar-refractivity contribution in [2.24, 2.45) is 0 Å². The van der Waals surface area contributed by atoms with Gasteiger partial charge in [-0.25, -0.2) is 0 Å². The van der Waals surface area contributed by atoms with Gasteiger partial charge in [0.1, 0.15) is 16.5 Å². The first-order valence-electron chi connectivity index (χ1n) is 4.63. The van der Waals surface area contributed by atoms with Crippen molar-refractivity contribution in [3.05, 3.63) is 28.8 Å². The Hall–Kier alpha value is -1.06. The van der Waals surface area contributed by atoms with Gasteiger partial charge in [0.15, 0.2) is 11.6 Å². The third-order valence-corrected chi connectivity index (χ3v) is 3.56. The molecule has 0 aromatic heterocycles. The number of alkyl halides is 2. The number of ketones is 2. The minimum atomic E-state index is -1.12. The largest absolute Gasteiger partial charge is 0.507 e. The monoisotopic (exact) mass is 258 g/mol. The van der Waals surface area contributed by atoms with E-state index >= 15 is 0 Å². The van der Waals surface area contributed by atoms with Crippen molar-refractivity contribution >= 4 is 34.8 Å². The molecule has 0 radical (unpaired) electrons. The first-order chi connectivity index (χ1) is 7.43. The molecule has 2 rings (SSSR count). The third kappa shape index (κ3) is 1.51. The molecule has 0 aliphatic heterocycles. The molecule has 0 spiro atoms. The maximum atomic E-state index is 11.8. The summed E-state index contributed by atoms with van der Waals surface area (Å²) in [6, 6.07) is 2.95. The van der Waals surface area contributed by atoms with Gasteiger partial charge in [0, 0.05) is 5.56 Å². The van der Waals surface area contributed by atoms with E-state index in [4.69, 9.17) is 23.2 Å². The predicted molar refractivity (Wildman–Crippen MR) is 60.8 cm³/mol. The van der Waals surface area contributed by atoms with E-state index in [1.807, 2.05) is 0 Å². The van der Waals surface area contributed by atoms with E-state index in [0.717, 1.165) is 0 Å². The number of rotatable bonds is 0. The zero-order chi connectivity index (χ0) is 12.0. The van der Waals surface area contributed by atoms with E-state index in [-0.39, 0.29) is 16.9 Å². The summed E-state index contributed by atoms with van der Waals surface area (Å²) in [5, 5.41) is 7.47. The van der Waals surface area contributed by atoms with Gasteiger partial charge in [-0.3, -0.25) is 9.59 Å². The first-order valence-corrected chi connectivity index (χ1v) is 5.51. The molecule has 2 atom stereocenters. The Labute approximate surface area is 102 Å². The van der Waals surface area contributed by atoms with Crippen LogP contribution in [0.4, 0.5) is 0 Å². The lowest BCUT2D eigenvalue weighted by molar-refractivity contribution is 0.0896. The van der Waals surface area contributed by atoms with Crippen LogP contribution in [0, 0.1) is 6.92 Å². The number of benzene rings is 1. The highest BCUT2D eigenvalue weighted by Crippen LogP contribution is 2.34. The van der Waals surface area contributed by atoms with Crippen LogP contribution in [0.2, 0.25) is 0 Å². The highest BCUT2D eigenvalue weighted by atomic mass is 35.5. The van der Waals surface area contributed by atoms with Gasteiger partial charge in [-0.05, 0) is 24.6 Å². The number of phenolic OH excluding ortho intramolecular Hbond substituents is 1. The van der Waals surface area contributed by atoms with Gasteiger partial charge < -0.3 is 5.11 Å². The second-order valence-electron chi connectivity index (χ2n) is 3.74. The van der Waals surface area contributed by atoms with Crippen LogP contribution >= 0.6 is 23.2 Å². The number of halogens is 2. The van der Waals surface area contributed by atoms with Crippen molar-refractivity contribution in [1.29, 1.82) is 0 Å². The first kappa shape index (κ1) is 11.4. The van der Waals surface area contributed by atoms with Crippen molar-refractivity contribution in [2.75, 3.05) is 0 Å². The molecule has 1 aromatic carbocycles. The van der Waals surface area contributed by atoms with Gasteiger partial charge >= 0.3 is 0 Å². The number of hydrogen-bond acceptors (Lipinski definition) is 3. The van der Waals surface area contributed by atoms with Crippen LogP contribution in [0.5, 0.6) is 5.75 Å². The molecule has 0 amide bonds. The number of Topliss-reactive ketones (excluding diaryl/α,β-unsaturated/α-hetero) is 2. The van der Waals surface area contributed by atoms with Crippen molar-refractivity contribution in [3.63, 3.8) is 0 Å². The van der Waals surface area contributed by atoms with Crippen LogP contribution in [0.15, 0.2) is 12.1 Å². The van der Waals surface area contributed by atoms with Gasteiger partial charge in [0.05, 0.1) is 5.56 Å². The van der Waals surface area contributed by atoms with E-state index in [1.165, 1.54) is 12.1 Å². The molecule has 0 bridgehead atoms. The molecular weight excluding hydrogens is 251 g/mol. The zero-order valence-corrected chi connectivity index (χ0v) is 9.84. The van der Waals surface area contributed by atoms with Crippen LogP contribution in [-0.4, -0.2) is 27.4 Å². The topological polar surface area (TPSA) is 54.4 Å². The average Bonchev–Trinajstić information content (AvgIpc) is 2.22. The number of carbonyl (C=O) groups is 2. The average molecular weight is 259 g/mol. The number of aromatic hydroxyl groups is 1. The van der Waals surface area contributed by atoms with Crippen molar-refractivity contribution in [3.8, 4) is 5.75 Å². The maximum Gasteiger partial charge on any atom is 0.187 e. The van der Waals surface area contributed by atoms with Crippen molar-refractivity contribution in [1.82, 2.24) is 0 Å². The van der Waals surface area contributed by atoms with E-state index < -0.39 is 22.3 Å². The van der Waals surface area contributed by atoms with Gasteiger partial charge in [-0.15, -0.1) is 23.2 Å². The molecule has 3 nitrogen and oxygen atoms in total. The zero-order valence-electron chi connectivity index (χ0n) is 8.33. The van der Waals surface area contributed by atoms with E-state index in [2.05, 4.69) is 0 Å². The van der Waals surface area contributed by atoms with Crippen molar-refractivity contribution in [2.45, 2.75) is 17.7 Å². The Morgan fingerprint density at radius 1 is 1.12 bits per heavy atom. The van der Waals surface area contributed by atoms with Crippen LogP contribution in [-0.2, 0) is 0 Å². The summed E-state index contributed by atoms with van der Waals surface area (Å²) >= 11 is 11.5. The lowest BCUT2D eigenvalue weighted by Gasteiger charge is -2.23. The number of fused-ring (bicyclic) bond motifs is 1. The standard InChI is InChI=1S/C11H8Cl2O3/c1-4-2-5-7(6(14)3-4)11(16)9(13)8(12)10(5)15/h2-3,8-9,14H,1H3. The Morgan fingerprint density at radius 3 is 2.31 bits per heavy atom. The summed E-state index contributed by atoms with van der Waals surface area (Å²) in [5.41, 5.74) is 0.821. The summed E-state index contributed by atoms with van der Waals surface area (Å²) in [5.74, 6) is -1.15. The summed E-state index contributed by atoms with van der Waals surface area (Å²) < 4.78 is 0. The molecule has 16 heavy (non-hydrogen) atoms. The maximum absolute atomic E-state index is 11.8. The highest BCUT2D eigenvalue weighted by Gasteiger charge is 2.40. The molecule has 0 saturated carbocycles. The fraction of sp³-hybridized carbons (Fsp3) is 0.273. The molecule has 0 fully saturated rings. The van der Waals surface area contributed by atoms with Gasteiger partial charge in [0.25, 0.3) is 0 Å². The van der Waals surface area contributed by atoms with E-state index in [1.54, 1.807) is 6.92 Å². The quantitative estimate of drug-likeness (QED) is 0.727. The lowest BCUT2D eigenvalue weighted by atomic mass is 9.87. The Balaban J connectivity index is 2.73. The van der Waals surface area contributed by atoms with E-state index in [0.29, 0.717) is 5.56 Å². The predicted octanol–water partition coefficient (Wildman–Crippen LogP) is 2.29. The minimum absolute atomic E-state index is 0.0208. The summed E-state index contributed by atoms with van der Waals surface area (Å²) in [4.78, 5) is 23.6. The fourth-order valence-corrected chi connectivity index (χ4v) is 2.23. The SMILES string of the molecule is Cc1cc(O)c2c(c1)C(=O)C(Cl)C(Cl)C2=O. The molecule has 84 valence electrons. The van der Waals surface area contributed by atoms with Crippen LogP contribution in [0.3, 0.4) is 0 Å². The Morgan fingerprint density at radius 2 is 1.69 bits per heavy atom. The Bertz CT molecular complexity index is 496. The molecule has 0 heterocycles. The summed E-state index contributed by atoms with van der Waals surface area (Å²) in [6.07, 6.45) is 0. The van der Waals surface area contributed by atoms with Crippen LogP contribution in [0.25, 0.3) is 0 Å². The lowest BCUT2D eigenvalue weighted by Crippen LogP contribution is -2.38. The molecular formula is C11H8Cl2O3. The number of hydrogen-bond donors (Lipinski definition) is 1. The molecule has 1 aliphatic carbocycles. The molecule has 1 N–H and O–H groups in total. The number of phenols is 1. The normalized spacial score (nSPS) is 24.4. The minimum Gasteiger partial charge on any atom is -0.507 e. The van der Waals surface area contributed by atoms with Gasteiger partial charge in [-0.1, -0.05) is 0 Å². The van der Waals surface area contributed by atoms with Crippen LogP contribution in [0.1, 0.15) is 26.3 Å². The fourth-order valence-electron chi connectivity index (χ4n) is 1.77. The van der Waals surface area contributed by atoms with Gasteiger partial charge in [0.2, 0.25) is 0 Å². The van der Waals surface area contributed by atoms with Gasteiger partial charge in [-0.2, -0.15) is 0 Å².